The molecule has 2 bridgehead atoms. The van der Waals surface area contributed by atoms with Gasteiger partial charge in [0.2, 0.25) is 0 Å². The number of benzene rings is 1. The van der Waals surface area contributed by atoms with Crippen molar-refractivity contribution in [3.05, 3.63) is 27.3 Å². The maximum Gasteiger partial charge on any atom is 0.338 e. The number of carbonyl (C=O) groups is 2. The first-order valence-corrected chi connectivity index (χ1v) is 11.1. The highest BCUT2D eigenvalue weighted by atomic mass is 127. The zero-order chi connectivity index (χ0) is 18.9. The molecule has 2 fully saturated rings. The number of halogens is 1. The predicted octanol–water partition coefficient (Wildman–Crippen LogP) is 2.68. The van der Waals surface area contributed by atoms with Gasteiger partial charge in [-0.2, -0.15) is 8.42 Å². The van der Waals surface area contributed by atoms with Crippen LogP contribution < -0.4 is 4.74 Å². The van der Waals surface area contributed by atoms with Gasteiger partial charge in [-0.3, -0.25) is 9.35 Å². The minimum Gasteiger partial charge on any atom is -0.461 e. The van der Waals surface area contributed by atoms with E-state index in [1.165, 1.54) is 18.6 Å². The Labute approximate surface area is 165 Å². The van der Waals surface area contributed by atoms with E-state index in [4.69, 9.17) is 14.0 Å². The molecule has 3 rings (SSSR count). The smallest absolute Gasteiger partial charge is 0.338 e. The lowest BCUT2D eigenvalue weighted by molar-refractivity contribution is -0.140. The molecule has 1 aromatic rings. The second-order valence-electron chi connectivity index (χ2n) is 6.77. The fourth-order valence-corrected chi connectivity index (χ4v) is 4.49. The van der Waals surface area contributed by atoms with Crippen LogP contribution in [0.1, 0.15) is 36.0 Å². The van der Waals surface area contributed by atoms with Gasteiger partial charge in [0.05, 0.1) is 15.1 Å². The summed E-state index contributed by atoms with van der Waals surface area (Å²) in [7, 11) is -4.19. The second kappa shape index (κ2) is 7.81. The van der Waals surface area contributed by atoms with Crippen LogP contribution in [0, 0.1) is 21.3 Å². The minimum atomic E-state index is -4.19. The molecule has 2 saturated carbocycles. The van der Waals surface area contributed by atoms with Crippen molar-refractivity contribution in [2.24, 2.45) is 17.8 Å². The number of fused-ring (bicyclic) bond motifs is 2. The van der Waals surface area contributed by atoms with Gasteiger partial charge >= 0.3 is 11.9 Å². The highest BCUT2D eigenvalue weighted by Crippen LogP contribution is 2.48. The van der Waals surface area contributed by atoms with E-state index < -0.39 is 28.4 Å². The summed E-state index contributed by atoms with van der Waals surface area (Å²) in [6.45, 7) is -0.454. The largest absolute Gasteiger partial charge is 0.461 e. The number of hydrogen-bond acceptors (Lipinski definition) is 6. The maximum absolute atomic E-state index is 12.5. The predicted molar refractivity (Wildman–Crippen MR) is 100 cm³/mol. The standard InChI is InChI=1S/C17H19IO7S/c18-14-4-3-12(16(19)24-5-6-26(21,22)23)9-15(14)25-17(20)13-8-10-1-2-11(13)7-10/h3-4,9-11,13H,1-2,5-8H2,(H,21,22,23). The van der Waals surface area contributed by atoms with Crippen molar-refractivity contribution in [1.82, 2.24) is 0 Å². The molecule has 0 aromatic heterocycles. The monoisotopic (exact) mass is 494 g/mol. The number of carbonyl (C=O) groups excluding carboxylic acids is 2. The molecular weight excluding hydrogens is 475 g/mol. The third-order valence-corrected chi connectivity index (χ3v) is 6.57. The Kier molecular flexibility index (Phi) is 5.88. The lowest BCUT2D eigenvalue weighted by Gasteiger charge is -2.20. The van der Waals surface area contributed by atoms with E-state index in [2.05, 4.69) is 0 Å². The van der Waals surface area contributed by atoms with Gasteiger partial charge in [-0.15, -0.1) is 0 Å². The summed E-state index contributed by atoms with van der Waals surface area (Å²) in [6, 6.07) is 4.55. The summed E-state index contributed by atoms with van der Waals surface area (Å²) in [4.78, 5) is 24.5. The van der Waals surface area contributed by atoms with Gasteiger partial charge in [0.25, 0.3) is 10.1 Å². The van der Waals surface area contributed by atoms with Crippen LogP contribution in [0.25, 0.3) is 0 Å². The fraction of sp³-hybridized carbons (Fsp3) is 0.529. The van der Waals surface area contributed by atoms with Gasteiger partial charge in [-0.05, 0) is 71.9 Å². The zero-order valence-electron chi connectivity index (χ0n) is 13.9. The Bertz CT molecular complexity index is 820. The molecule has 0 aliphatic heterocycles. The average molecular weight is 494 g/mol. The topological polar surface area (TPSA) is 107 Å². The number of rotatable bonds is 6. The molecule has 1 N–H and O–H groups in total. The molecule has 142 valence electrons. The first kappa shape index (κ1) is 19.6. The van der Waals surface area contributed by atoms with Gasteiger partial charge in [0, 0.05) is 0 Å². The Balaban J connectivity index is 1.63. The van der Waals surface area contributed by atoms with E-state index in [-0.39, 0.29) is 17.5 Å². The fourth-order valence-electron chi connectivity index (χ4n) is 3.75. The molecule has 1 aromatic carbocycles. The molecule has 26 heavy (non-hydrogen) atoms. The van der Waals surface area contributed by atoms with Crippen molar-refractivity contribution in [3.63, 3.8) is 0 Å². The van der Waals surface area contributed by atoms with Gasteiger partial charge in [-0.1, -0.05) is 6.42 Å². The SMILES string of the molecule is O=C(OCCS(=O)(=O)O)c1ccc(I)c(OC(=O)C2CC3CCC2C3)c1. The Hall–Kier alpha value is -1.20. The quantitative estimate of drug-likeness (QED) is 0.281. The highest BCUT2D eigenvalue weighted by molar-refractivity contribution is 14.1. The molecule has 9 heteroatoms. The van der Waals surface area contributed by atoms with Crippen LogP contribution in [0.4, 0.5) is 0 Å². The van der Waals surface area contributed by atoms with Crippen LogP contribution in [0.15, 0.2) is 18.2 Å². The summed E-state index contributed by atoms with van der Waals surface area (Å²) in [5.41, 5.74) is 0.150. The van der Waals surface area contributed by atoms with Crippen molar-refractivity contribution in [2.45, 2.75) is 25.7 Å². The van der Waals surface area contributed by atoms with Crippen molar-refractivity contribution < 1.29 is 32.0 Å². The van der Waals surface area contributed by atoms with Gasteiger partial charge < -0.3 is 9.47 Å². The summed E-state index contributed by atoms with van der Waals surface area (Å²) < 4.78 is 41.0. The van der Waals surface area contributed by atoms with Crippen molar-refractivity contribution in [1.29, 1.82) is 0 Å². The Morgan fingerprint density at radius 1 is 1.23 bits per heavy atom. The lowest BCUT2D eigenvalue weighted by Crippen LogP contribution is -2.25. The molecule has 7 nitrogen and oxygen atoms in total. The molecule has 0 saturated heterocycles. The van der Waals surface area contributed by atoms with Crippen molar-refractivity contribution >= 4 is 44.6 Å². The molecule has 2 aliphatic carbocycles. The van der Waals surface area contributed by atoms with E-state index in [9.17, 15) is 18.0 Å². The number of esters is 2. The molecule has 0 radical (unpaired) electrons. The third kappa shape index (κ3) is 4.74. The molecular formula is C17H19IO7S. The number of ether oxygens (including phenoxy) is 2. The molecule has 0 amide bonds. The van der Waals surface area contributed by atoms with Crippen LogP contribution in [-0.2, 0) is 19.6 Å². The van der Waals surface area contributed by atoms with Crippen LogP contribution in [0.2, 0.25) is 0 Å². The summed E-state index contributed by atoms with van der Waals surface area (Å²) in [6.07, 6.45) is 4.23. The van der Waals surface area contributed by atoms with E-state index >= 15 is 0 Å². The van der Waals surface area contributed by atoms with Crippen molar-refractivity contribution in [2.75, 3.05) is 12.4 Å². The van der Waals surface area contributed by atoms with Gasteiger partial charge in [-0.25, -0.2) is 4.79 Å². The van der Waals surface area contributed by atoms with Crippen LogP contribution in [0.5, 0.6) is 5.75 Å². The van der Waals surface area contributed by atoms with Crippen LogP contribution in [0.3, 0.4) is 0 Å². The maximum atomic E-state index is 12.5. The zero-order valence-corrected chi connectivity index (χ0v) is 16.9. The molecule has 0 heterocycles. The van der Waals surface area contributed by atoms with E-state index in [1.807, 2.05) is 22.6 Å². The Morgan fingerprint density at radius 2 is 2.00 bits per heavy atom. The van der Waals surface area contributed by atoms with E-state index in [0.717, 1.165) is 19.3 Å². The second-order valence-corrected chi connectivity index (χ2v) is 9.50. The third-order valence-electron chi connectivity index (χ3n) is 4.99. The molecule has 0 spiro atoms. The van der Waals surface area contributed by atoms with E-state index in [1.54, 1.807) is 6.07 Å². The lowest BCUT2D eigenvalue weighted by atomic mass is 9.89. The van der Waals surface area contributed by atoms with Gasteiger partial charge in [0.1, 0.15) is 18.1 Å². The van der Waals surface area contributed by atoms with E-state index in [0.29, 0.717) is 21.2 Å². The summed E-state index contributed by atoms with van der Waals surface area (Å²) >= 11 is 2.02. The highest BCUT2D eigenvalue weighted by Gasteiger charge is 2.44. The summed E-state index contributed by atoms with van der Waals surface area (Å²) in [5, 5.41) is 0. The minimum absolute atomic E-state index is 0.0741. The average Bonchev–Trinajstić information content (AvgIpc) is 3.18. The molecule has 3 atom stereocenters. The van der Waals surface area contributed by atoms with Gasteiger partial charge in [0.15, 0.2) is 0 Å². The number of hydrogen-bond donors (Lipinski definition) is 1. The van der Waals surface area contributed by atoms with Crippen LogP contribution in [-0.4, -0.2) is 37.3 Å². The first-order valence-electron chi connectivity index (χ1n) is 8.36. The Morgan fingerprint density at radius 3 is 2.62 bits per heavy atom. The molecule has 2 aliphatic rings. The molecule has 3 unspecified atom stereocenters. The van der Waals surface area contributed by atoms with Crippen LogP contribution >= 0.6 is 22.6 Å². The summed E-state index contributed by atoms with van der Waals surface area (Å²) in [5.74, 6) is -0.430. The van der Waals surface area contributed by atoms with Crippen molar-refractivity contribution in [3.8, 4) is 5.75 Å². The first-order chi connectivity index (χ1) is 12.2. The normalized spacial score (nSPS) is 24.5.